The summed E-state index contributed by atoms with van der Waals surface area (Å²) in [6, 6.07) is 9.94. The Balaban J connectivity index is 2.00. The number of phenolic OH excluding ortho intramolecular Hbond substituents is 1. The van der Waals surface area contributed by atoms with E-state index in [1.165, 1.54) is 0 Å². The molecule has 0 aliphatic carbocycles. The van der Waals surface area contributed by atoms with Crippen molar-refractivity contribution in [2.45, 2.75) is 20.0 Å². The average molecular weight is 480 g/mol. The highest BCUT2D eigenvalue weighted by Gasteiger charge is 2.07. The number of hydrogen-bond acceptors (Lipinski definition) is 3. The first-order valence-electron chi connectivity index (χ1n) is 5.86. The van der Waals surface area contributed by atoms with Gasteiger partial charge in [-0.15, -0.1) is 0 Å². The van der Waals surface area contributed by atoms with Gasteiger partial charge in [-0.1, -0.05) is 6.07 Å². The first-order valence-corrected chi connectivity index (χ1v) is 8.02. The SMILES string of the molecule is Cc1cccc(CNCc2cc(I)cc(I)c2O)n1. The van der Waals surface area contributed by atoms with E-state index in [9.17, 15) is 5.11 Å². The fourth-order valence-corrected chi connectivity index (χ4v) is 3.74. The monoisotopic (exact) mass is 480 g/mol. The third-order valence-corrected chi connectivity index (χ3v) is 4.12. The maximum atomic E-state index is 10.00. The Morgan fingerprint density at radius 3 is 2.74 bits per heavy atom. The second kappa shape index (κ2) is 6.85. The smallest absolute Gasteiger partial charge is 0.133 e. The second-order valence-electron chi connectivity index (χ2n) is 4.27. The van der Waals surface area contributed by atoms with Crippen molar-refractivity contribution in [3.63, 3.8) is 0 Å². The number of aromatic hydroxyl groups is 1. The lowest BCUT2D eigenvalue weighted by molar-refractivity contribution is 0.460. The van der Waals surface area contributed by atoms with E-state index in [4.69, 9.17) is 0 Å². The molecule has 1 heterocycles. The van der Waals surface area contributed by atoms with Crippen molar-refractivity contribution in [3.8, 4) is 5.75 Å². The summed E-state index contributed by atoms with van der Waals surface area (Å²) in [7, 11) is 0. The molecule has 0 fully saturated rings. The van der Waals surface area contributed by atoms with E-state index >= 15 is 0 Å². The Morgan fingerprint density at radius 1 is 1.21 bits per heavy atom. The molecule has 5 heteroatoms. The predicted molar refractivity (Wildman–Crippen MR) is 93.1 cm³/mol. The Hall–Kier alpha value is -0.410. The van der Waals surface area contributed by atoms with E-state index in [1.807, 2.05) is 37.3 Å². The minimum absolute atomic E-state index is 0.366. The molecule has 3 nitrogen and oxygen atoms in total. The van der Waals surface area contributed by atoms with Crippen LogP contribution in [0.3, 0.4) is 0 Å². The lowest BCUT2D eigenvalue weighted by Crippen LogP contribution is -2.14. The predicted octanol–water partition coefficient (Wildman–Crippen LogP) is 3.59. The zero-order valence-corrected chi connectivity index (χ0v) is 14.8. The summed E-state index contributed by atoms with van der Waals surface area (Å²) < 4.78 is 2.01. The third-order valence-electron chi connectivity index (χ3n) is 2.67. The normalized spacial score (nSPS) is 10.7. The summed E-state index contributed by atoms with van der Waals surface area (Å²) in [5.41, 5.74) is 2.95. The minimum atomic E-state index is 0.366. The zero-order chi connectivity index (χ0) is 13.8. The van der Waals surface area contributed by atoms with Crippen LogP contribution in [-0.4, -0.2) is 10.1 Å². The topological polar surface area (TPSA) is 45.1 Å². The number of halogens is 2. The maximum absolute atomic E-state index is 10.00. The summed E-state index contributed by atoms with van der Waals surface area (Å²) in [6.45, 7) is 3.31. The molecule has 2 rings (SSSR count). The van der Waals surface area contributed by atoms with E-state index in [0.29, 0.717) is 18.8 Å². The minimum Gasteiger partial charge on any atom is -0.507 e. The highest BCUT2D eigenvalue weighted by atomic mass is 127. The number of benzene rings is 1. The Kier molecular flexibility index (Phi) is 5.40. The van der Waals surface area contributed by atoms with Crippen LogP contribution < -0.4 is 5.32 Å². The van der Waals surface area contributed by atoms with Gasteiger partial charge in [0.05, 0.1) is 9.26 Å². The molecule has 0 radical (unpaired) electrons. The first kappa shape index (κ1) is 15.0. The van der Waals surface area contributed by atoms with Crippen molar-refractivity contribution in [1.29, 1.82) is 0 Å². The summed E-state index contributed by atoms with van der Waals surface area (Å²) in [4.78, 5) is 4.43. The number of aromatic nitrogens is 1. The number of rotatable bonds is 4. The molecule has 100 valence electrons. The van der Waals surface area contributed by atoms with Crippen LogP contribution in [0, 0.1) is 14.1 Å². The molecule has 0 saturated heterocycles. The number of nitrogens with one attached hydrogen (secondary N) is 1. The van der Waals surface area contributed by atoms with Gasteiger partial charge < -0.3 is 10.4 Å². The number of phenols is 1. The van der Waals surface area contributed by atoms with Gasteiger partial charge in [0.25, 0.3) is 0 Å². The van der Waals surface area contributed by atoms with Crippen LogP contribution in [0.5, 0.6) is 5.75 Å². The third kappa shape index (κ3) is 4.28. The first-order chi connectivity index (χ1) is 9.06. The van der Waals surface area contributed by atoms with E-state index in [2.05, 4.69) is 55.5 Å². The second-order valence-corrected chi connectivity index (χ2v) is 6.68. The highest BCUT2D eigenvalue weighted by molar-refractivity contribution is 14.1. The zero-order valence-electron chi connectivity index (χ0n) is 10.5. The molecule has 0 saturated carbocycles. The standard InChI is InChI=1S/C14H14I2N2O/c1-9-3-2-4-12(18-9)8-17-7-10-5-11(15)6-13(16)14(10)19/h2-6,17,19H,7-8H2,1H3. The molecule has 0 spiro atoms. The number of hydrogen-bond donors (Lipinski definition) is 2. The van der Waals surface area contributed by atoms with Gasteiger partial charge in [0.15, 0.2) is 0 Å². The molecule has 19 heavy (non-hydrogen) atoms. The van der Waals surface area contributed by atoms with Crippen LogP contribution in [0.1, 0.15) is 17.0 Å². The molecule has 0 unspecified atom stereocenters. The largest absolute Gasteiger partial charge is 0.507 e. The molecule has 2 N–H and O–H groups in total. The molecule has 2 aromatic rings. The molecule has 0 aliphatic heterocycles. The van der Waals surface area contributed by atoms with Crippen LogP contribution in [0.25, 0.3) is 0 Å². The molecule has 0 amide bonds. The van der Waals surface area contributed by atoms with E-state index in [0.717, 1.165) is 24.1 Å². The Morgan fingerprint density at radius 2 is 2.00 bits per heavy atom. The number of nitrogens with zero attached hydrogens (tertiary/aromatic N) is 1. The molecule has 0 bridgehead atoms. The van der Waals surface area contributed by atoms with Crippen molar-refractivity contribution in [2.24, 2.45) is 0 Å². The van der Waals surface area contributed by atoms with E-state index < -0.39 is 0 Å². The van der Waals surface area contributed by atoms with Gasteiger partial charge >= 0.3 is 0 Å². The van der Waals surface area contributed by atoms with E-state index in [-0.39, 0.29) is 0 Å². The molecular weight excluding hydrogens is 466 g/mol. The molecule has 1 aromatic heterocycles. The summed E-state index contributed by atoms with van der Waals surface area (Å²) in [5.74, 6) is 0.366. The van der Waals surface area contributed by atoms with Crippen LogP contribution in [0.15, 0.2) is 30.3 Å². The lowest BCUT2D eigenvalue weighted by Gasteiger charge is -2.09. The van der Waals surface area contributed by atoms with Gasteiger partial charge in [0.2, 0.25) is 0 Å². The number of pyridine rings is 1. The van der Waals surface area contributed by atoms with Crippen LogP contribution in [0.4, 0.5) is 0 Å². The van der Waals surface area contributed by atoms with Gasteiger partial charge in [0, 0.05) is 27.9 Å². The van der Waals surface area contributed by atoms with Crippen molar-refractivity contribution in [3.05, 3.63) is 54.4 Å². The molecule has 0 aliphatic rings. The molecule has 1 aromatic carbocycles. The molecular formula is C14H14I2N2O. The summed E-state index contributed by atoms with van der Waals surface area (Å²) >= 11 is 4.41. The van der Waals surface area contributed by atoms with Gasteiger partial charge in [-0.25, -0.2) is 0 Å². The lowest BCUT2D eigenvalue weighted by atomic mass is 10.2. The van der Waals surface area contributed by atoms with Crippen LogP contribution in [-0.2, 0) is 13.1 Å². The highest BCUT2D eigenvalue weighted by Crippen LogP contribution is 2.26. The van der Waals surface area contributed by atoms with Crippen molar-refractivity contribution >= 4 is 45.2 Å². The quantitative estimate of drug-likeness (QED) is 0.659. The number of aryl methyl sites for hydroxylation is 1. The fourth-order valence-electron chi connectivity index (χ4n) is 1.78. The van der Waals surface area contributed by atoms with Crippen LogP contribution in [0.2, 0.25) is 0 Å². The van der Waals surface area contributed by atoms with Gasteiger partial charge in [-0.3, -0.25) is 4.98 Å². The van der Waals surface area contributed by atoms with Crippen LogP contribution >= 0.6 is 45.2 Å². The molecule has 0 atom stereocenters. The van der Waals surface area contributed by atoms with E-state index in [1.54, 1.807) is 0 Å². The Bertz CT molecular complexity index is 588. The van der Waals surface area contributed by atoms with Crippen molar-refractivity contribution in [2.75, 3.05) is 0 Å². The van der Waals surface area contributed by atoms with Gasteiger partial charge in [-0.05, 0) is 76.4 Å². The van der Waals surface area contributed by atoms with Gasteiger partial charge in [0.1, 0.15) is 5.75 Å². The van der Waals surface area contributed by atoms with Gasteiger partial charge in [-0.2, -0.15) is 0 Å². The Labute approximate surface area is 140 Å². The van der Waals surface area contributed by atoms with Crippen molar-refractivity contribution in [1.82, 2.24) is 10.3 Å². The summed E-state index contributed by atoms with van der Waals surface area (Å²) in [6.07, 6.45) is 0. The average Bonchev–Trinajstić information content (AvgIpc) is 2.35. The maximum Gasteiger partial charge on any atom is 0.133 e. The van der Waals surface area contributed by atoms with Crippen molar-refractivity contribution < 1.29 is 5.11 Å². The summed E-state index contributed by atoms with van der Waals surface area (Å²) in [5, 5.41) is 13.3. The fraction of sp³-hybridized carbons (Fsp3) is 0.214.